The molecule has 4 aromatic rings. The highest BCUT2D eigenvalue weighted by molar-refractivity contribution is 7.91. The van der Waals surface area contributed by atoms with Gasteiger partial charge in [0.05, 0.1) is 35.6 Å². The second-order valence-electron chi connectivity index (χ2n) is 7.94. The standard InChI is InChI=1S/C25H28N4O5S2/c1-3-34-21-7-4-8-22-24(21)27-25(35-22)29(17-16-28-15-6-14-26-28)23(30)9-5-18-36(31,32)20-12-10-19(33-2)11-13-20/h4,6-8,10-15H,3,5,9,16-18H2,1-2H3. The van der Waals surface area contributed by atoms with E-state index in [0.717, 1.165) is 4.70 Å². The molecule has 36 heavy (non-hydrogen) atoms. The topological polar surface area (TPSA) is 104 Å². The predicted octanol–water partition coefficient (Wildman–Crippen LogP) is 4.19. The van der Waals surface area contributed by atoms with Crippen LogP contribution in [0, 0.1) is 0 Å². The molecule has 0 aliphatic rings. The van der Waals surface area contributed by atoms with Gasteiger partial charge in [0.2, 0.25) is 5.91 Å². The summed E-state index contributed by atoms with van der Waals surface area (Å²) < 4.78 is 38.9. The van der Waals surface area contributed by atoms with Crippen molar-refractivity contribution >= 4 is 42.4 Å². The van der Waals surface area contributed by atoms with Crippen LogP contribution in [0.1, 0.15) is 19.8 Å². The zero-order chi connectivity index (χ0) is 25.5. The largest absolute Gasteiger partial charge is 0.497 e. The van der Waals surface area contributed by atoms with E-state index >= 15 is 0 Å². The Bertz CT molecular complexity index is 1400. The van der Waals surface area contributed by atoms with Crippen LogP contribution in [0.3, 0.4) is 0 Å². The Balaban J connectivity index is 1.49. The molecule has 2 aromatic carbocycles. The van der Waals surface area contributed by atoms with Crippen molar-refractivity contribution < 1.29 is 22.7 Å². The number of methoxy groups -OCH3 is 1. The summed E-state index contributed by atoms with van der Waals surface area (Å²) in [6.45, 7) is 3.26. The minimum absolute atomic E-state index is 0.0722. The summed E-state index contributed by atoms with van der Waals surface area (Å²) in [6, 6.07) is 13.8. The summed E-state index contributed by atoms with van der Waals surface area (Å²) >= 11 is 1.40. The lowest BCUT2D eigenvalue weighted by atomic mass is 10.3. The maximum atomic E-state index is 13.3. The lowest BCUT2D eigenvalue weighted by molar-refractivity contribution is -0.118. The Morgan fingerprint density at radius 1 is 1.14 bits per heavy atom. The highest BCUT2D eigenvalue weighted by Crippen LogP contribution is 2.34. The summed E-state index contributed by atoms with van der Waals surface area (Å²) in [4.78, 5) is 19.9. The van der Waals surface area contributed by atoms with Crippen molar-refractivity contribution in [2.24, 2.45) is 0 Å². The number of carbonyl (C=O) groups is 1. The molecule has 0 aliphatic carbocycles. The molecule has 0 saturated carbocycles. The normalized spacial score (nSPS) is 11.5. The number of fused-ring (bicyclic) bond motifs is 1. The van der Waals surface area contributed by atoms with Crippen LogP contribution in [-0.4, -0.2) is 55.1 Å². The molecule has 2 heterocycles. The van der Waals surface area contributed by atoms with Gasteiger partial charge in [-0.05, 0) is 55.8 Å². The molecular formula is C25H28N4O5S2. The number of carbonyl (C=O) groups excluding carboxylic acids is 1. The summed E-state index contributed by atoms with van der Waals surface area (Å²) in [5.41, 5.74) is 0.707. The van der Waals surface area contributed by atoms with Gasteiger partial charge in [-0.2, -0.15) is 5.10 Å². The Hall–Kier alpha value is -3.44. The average molecular weight is 529 g/mol. The van der Waals surface area contributed by atoms with Crippen LogP contribution in [-0.2, 0) is 21.2 Å². The number of para-hydroxylation sites is 1. The van der Waals surface area contributed by atoms with Gasteiger partial charge in [0.25, 0.3) is 0 Å². The number of anilines is 1. The second kappa shape index (κ2) is 11.5. The monoisotopic (exact) mass is 528 g/mol. The quantitative estimate of drug-likeness (QED) is 0.272. The number of aromatic nitrogens is 3. The van der Waals surface area contributed by atoms with Crippen molar-refractivity contribution in [2.45, 2.75) is 31.2 Å². The van der Waals surface area contributed by atoms with E-state index in [1.54, 1.807) is 27.9 Å². The Kier molecular flexibility index (Phi) is 8.21. The van der Waals surface area contributed by atoms with Crippen molar-refractivity contribution in [3.63, 3.8) is 0 Å². The van der Waals surface area contributed by atoms with E-state index in [2.05, 4.69) is 5.10 Å². The van der Waals surface area contributed by atoms with Crippen molar-refractivity contribution in [1.29, 1.82) is 0 Å². The van der Waals surface area contributed by atoms with Gasteiger partial charge in [-0.3, -0.25) is 14.4 Å². The van der Waals surface area contributed by atoms with Crippen LogP contribution in [0.5, 0.6) is 11.5 Å². The summed E-state index contributed by atoms with van der Waals surface area (Å²) in [6.07, 6.45) is 3.78. The van der Waals surface area contributed by atoms with Crippen LogP contribution < -0.4 is 14.4 Å². The lowest BCUT2D eigenvalue weighted by Gasteiger charge is -2.20. The van der Waals surface area contributed by atoms with Crippen molar-refractivity contribution in [1.82, 2.24) is 14.8 Å². The Morgan fingerprint density at radius 2 is 1.94 bits per heavy atom. The van der Waals surface area contributed by atoms with Gasteiger partial charge < -0.3 is 9.47 Å². The van der Waals surface area contributed by atoms with Gasteiger partial charge in [0.1, 0.15) is 17.0 Å². The third-order valence-electron chi connectivity index (χ3n) is 5.54. The number of hydrogen-bond acceptors (Lipinski definition) is 8. The van der Waals surface area contributed by atoms with Gasteiger partial charge in [0.15, 0.2) is 15.0 Å². The van der Waals surface area contributed by atoms with E-state index in [1.165, 1.54) is 30.6 Å². The van der Waals surface area contributed by atoms with Crippen molar-refractivity contribution in [3.8, 4) is 11.5 Å². The SMILES string of the molecule is CCOc1cccc2sc(N(CCn3cccn3)C(=O)CCCS(=O)(=O)c3ccc(OC)cc3)nc12. The van der Waals surface area contributed by atoms with Gasteiger partial charge in [0, 0.05) is 25.4 Å². The van der Waals surface area contributed by atoms with E-state index in [0.29, 0.717) is 41.8 Å². The van der Waals surface area contributed by atoms with Crippen LogP contribution in [0.25, 0.3) is 10.2 Å². The number of nitrogens with zero attached hydrogens (tertiary/aromatic N) is 4. The molecule has 4 rings (SSSR count). The van der Waals surface area contributed by atoms with E-state index < -0.39 is 9.84 Å². The number of thiazole rings is 1. The highest BCUT2D eigenvalue weighted by atomic mass is 32.2. The minimum atomic E-state index is -3.52. The maximum absolute atomic E-state index is 13.3. The Labute approximate surface area is 214 Å². The fourth-order valence-electron chi connectivity index (χ4n) is 3.71. The van der Waals surface area contributed by atoms with Crippen LogP contribution >= 0.6 is 11.3 Å². The van der Waals surface area contributed by atoms with Gasteiger partial charge in [-0.15, -0.1) is 0 Å². The molecule has 0 atom stereocenters. The first-order valence-electron chi connectivity index (χ1n) is 11.6. The zero-order valence-corrected chi connectivity index (χ0v) is 21.8. The smallest absolute Gasteiger partial charge is 0.228 e. The van der Waals surface area contributed by atoms with E-state index in [9.17, 15) is 13.2 Å². The number of hydrogen-bond donors (Lipinski definition) is 0. The number of benzene rings is 2. The second-order valence-corrected chi connectivity index (χ2v) is 11.1. The minimum Gasteiger partial charge on any atom is -0.497 e. The number of rotatable bonds is 12. The number of amides is 1. The third-order valence-corrected chi connectivity index (χ3v) is 8.40. The lowest BCUT2D eigenvalue weighted by Crippen LogP contribution is -2.34. The van der Waals surface area contributed by atoms with Crippen LogP contribution in [0.15, 0.2) is 65.8 Å². The summed E-state index contributed by atoms with van der Waals surface area (Å²) in [5.74, 6) is 0.929. The molecule has 0 fully saturated rings. The molecule has 0 aliphatic heterocycles. The van der Waals surface area contributed by atoms with E-state index in [-0.39, 0.29) is 29.4 Å². The molecule has 0 N–H and O–H groups in total. The van der Waals surface area contributed by atoms with Crippen molar-refractivity contribution in [3.05, 3.63) is 60.9 Å². The van der Waals surface area contributed by atoms with Gasteiger partial charge in [-0.25, -0.2) is 13.4 Å². The first-order chi connectivity index (χ1) is 17.4. The molecule has 190 valence electrons. The number of ether oxygens (including phenoxy) is 2. The first-order valence-corrected chi connectivity index (χ1v) is 14.0. The fraction of sp³-hybridized carbons (Fsp3) is 0.320. The molecule has 0 bridgehead atoms. The fourth-order valence-corrected chi connectivity index (χ4v) is 6.05. The molecule has 0 unspecified atom stereocenters. The molecule has 2 aromatic heterocycles. The number of sulfone groups is 1. The zero-order valence-electron chi connectivity index (χ0n) is 20.2. The third kappa shape index (κ3) is 6.03. The summed E-state index contributed by atoms with van der Waals surface area (Å²) in [5, 5.41) is 4.76. The van der Waals surface area contributed by atoms with Crippen LogP contribution in [0.4, 0.5) is 5.13 Å². The van der Waals surface area contributed by atoms with Crippen molar-refractivity contribution in [2.75, 3.05) is 30.9 Å². The molecular weight excluding hydrogens is 500 g/mol. The first kappa shape index (κ1) is 25.6. The van der Waals surface area contributed by atoms with E-state index in [4.69, 9.17) is 14.5 Å². The molecule has 0 saturated heterocycles. The van der Waals surface area contributed by atoms with Gasteiger partial charge >= 0.3 is 0 Å². The molecule has 1 amide bonds. The predicted molar refractivity (Wildman–Crippen MR) is 140 cm³/mol. The molecule has 11 heteroatoms. The van der Waals surface area contributed by atoms with Crippen LogP contribution in [0.2, 0.25) is 0 Å². The Morgan fingerprint density at radius 3 is 2.64 bits per heavy atom. The molecule has 0 spiro atoms. The molecule has 0 radical (unpaired) electrons. The highest BCUT2D eigenvalue weighted by Gasteiger charge is 2.22. The molecule has 9 nitrogen and oxygen atoms in total. The van der Waals surface area contributed by atoms with Gasteiger partial charge in [-0.1, -0.05) is 17.4 Å². The van der Waals surface area contributed by atoms with E-state index in [1.807, 2.05) is 37.4 Å². The average Bonchev–Trinajstić information content (AvgIpc) is 3.55. The maximum Gasteiger partial charge on any atom is 0.228 e. The summed E-state index contributed by atoms with van der Waals surface area (Å²) in [7, 11) is -2.00.